The van der Waals surface area contributed by atoms with Gasteiger partial charge in [-0.1, -0.05) is 17.7 Å². The van der Waals surface area contributed by atoms with Gasteiger partial charge in [0.1, 0.15) is 11.9 Å². The van der Waals surface area contributed by atoms with Crippen LogP contribution >= 0.6 is 0 Å². The third kappa shape index (κ3) is 6.12. The number of halogens is 1. The Bertz CT molecular complexity index is 1370. The molecule has 0 aliphatic carbocycles. The van der Waals surface area contributed by atoms with E-state index in [0.717, 1.165) is 28.3 Å². The molecular weight excluding hydrogens is 481 g/mol. The zero-order valence-electron chi connectivity index (χ0n) is 18.7. The SMILES string of the molecule is Cc1ccc(N(C(C)C(=O)Nc2ccc(S(=O)(=O)Nc3ccc(F)cc3)cc2)S(C)(=O)=O)cc1. The van der Waals surface area contributed by atoms with Crippen LogP contribution in [0.3, 0.4) is 0 Å². The fourth-order valence-corrected chi connectivity index (χ4v) is 5.43. The number of hydrogen-bond donors (Lipinski definition) is 2. The van der Waals surface area contributed by atoms with Crippen LogP contribution in [-0.4, -0.2) is 35.0 Å². The molecule has 1 atom stereocenters. The van der Waals surface area contributed by atoms with Crippen molar-refractivity contribution in [2.24, 2.45) is 0 Å². The lowest BCUT2D eigenvalue weighted by Crippen LogP contribution is -2.45. The highest BCUT2D eigenvalue weighted by Crippen LogP contribution is 2.23. The van der Waals surface area contributed by atoms with Crippen molar-refractivity contribution in [3.05, 3.63) is 84.2 Å². The van der Waals surface area contributed by atoms with Crippen LogP contribution in [0.25, 0.3) is 0 Å². The molecule has 2 N–H and O–H groups in total. The normalized spacial score (nSPS) is 12.6. The Labute approximate surface area is 198 Å². The lowest BCUT2D eigenvalue weighted by atomic mass is 10.2. The molecule has 11 heteroatoms. The standard InChI is InChI=1S/C23H24FN3O5S2/c1-16-4-12-21(13-5-16)27(33(3,29)30)17(2)23(28)25-19-10-14-22(15-11-19)34(31,32)26-20-8-6-18(24)7-9-20/h4-15,17,26H,1-3H3,(H,25,28). The quantitative estimate of drug-likeness (QED) is 0.484. The Hall–Kier alpha value is -3.44. The van der Waals surface area contributed by atoms with Crippen molar-refractivity contribution < 1.29 is 26.0 Å². The molecule has 0 saturated carbocycles. The van der Waals surface area contributed by atoms with Gasteiger partial charge in [-0.05, 0) is 74.5 Å². The molecule has 0 aliphatic heterocycles. The molecule has 1 unspecified atom stereocenters. The summed E-state index contributed by atoms with van der Waals surface area (Å²) in [5.41, 5.74) is 1.78. The zero-order valence-corrected chi connectivity index (χ0v) is 20.3. The summed E-state index contributed by atoms with van der Waals surface area (Å²) in [5, 5.41) is 2.61. The highest BCUT2D eigenvalue weighted by Gasteiger charge is 2.29. The van der Waals surface area contributed by atoms with Crippen molar-refractivity contribution in [3.8, 4) is 0 Å². The molecule has 0 spiro atoms. The molecule has 180 valence electrons. The van der Waals surface area contributed by atoms with Crippen LogP contribution in [-0.2, 0) is 24.8 Å². The van der Waals surface area contributed by atoms with Gasteiger partial charge < -0.3 is 5.32 Å². The number of benzene rings is 3. The van der Waals surface area contributed by atoms with E-state index in [4.69, 9.17) is 0 Å². The van der Waals surface area contributed by atoms with Gasteiger partial charge in [0.05, 0.1) is 16.8 Å². The number of aryl methyl sites for hydroxylation is 1. The molecule has 0 bridgehead atoms. The van der Waals surface area contributed by atoms with Crippen LogP contribution in [0.5, 0.6) is 0 Å². The maximum Gasteiger partial charge on any atom is 0.261 e. The van der Waals surface area contributed by atoms with Crippen LogP contribution < -0.4 is 14.3 Å². The third-order valence-electron chi connectivity index (χ3n) is 4.91. The summed E-state index contributed by atoms with van der Waals surface area (Å²) < 4.78 is 66.3. The number of nitrogens with one attached hydrogen (secondary N) is 2. The molecule has 3 aromatic rings. The van der Waals surface area contributed by atoms with E-state index in [2.05, 4.69) is 10.0 Å². The number of amides is 1. The molecule has 34 heavy (non-hydrogen) atoms. The lowest BCUT2D eigenvalue weighted by Gasteiger charge is -2.28. The summed E-state index contributed by atoms with van der Waals surface area (Å²) >= 11 is 0. The first-order valence-electron chi connectivity index (χ1n) is 10.1. The van der Waals surface area contributed by atoms with E-state index in [1.54, 1.807) is 24.3 Å². The summed E-state index contributed by atoms with van der Waals surface area (Å²) in [7, 11) is -7.70. The second-order valence-corrected chi connectivity index (χ2v) is 11.2. The third-order valence-corrected chi connectivity index (χ3v) is 7.54. The van der Waals surface area contributed by atoms with Crippen molar-refractivity contribution >= 4 is 43.0 Å². The molecule has 0 fully saturated rings. The van der Waals surface area contributed by atoms with Crippen LogP contribution in [0.1, 0.15) is 12.5 Å². The number of hydrogen-bond acceptors (Lipinski definition) is 5. The van der Waals surface area contributed by atoms with Crippen LogP contribution in [0, 0.1) is 12.7 Å². The van der Waals surface area contributed by atoms with E-state index in [1.165, 1.54) is 43.3 Å². The maximum absolute atomic E-state index is 13.0. The summed E-state index contributed by atoms with van der Waals surface area (Å²) in [6, 6.07) is 15.9. The number of rotatable bonds is 8. The van der Waals surface area contributed by atoms with Gasteiger partial charge in [0.15, 0.2) is 0 Å². The minimum Gasteiger partial charge on any atom is -0.324 e. The number of carbonyl (C=O) groups is 1. The Morgan fingerprint density at radius 1 is 0.853 bits per heavy atom. The van der Waals surface area contributed by atoms with E-state index in [0.29, 0.717) is 5.69 Å². The van der Waals surface area contributed by atoms with Crippen LogP contribution in [0.2, 0.25) is 0 Å². The lowest BCUT2D eigenvalue weighted by molar-refractivity contribution is -0.116. The second-order valence-electron chi connectivity index (χ2n) is 7.70. The molecule has 0 aromatic heterocycles. The Balaban J connectivity index is 1.75. The predicted octanol–water partition coefficient (Wildman–Crippen LogP) is 3.73. The largest absolute Gasteiger partial charge is 0.324 e. The van der Waals surface area contributed by atoms with E-state index >= 15 is 0 Å². The van der Waals surface area contributed by atoms with Gasteiger partial charge in [-0.3, -0.25) is 13.8 Å². The van der Waals surface area contributed by atoms with E-state index in [-0.39, 0.29) is 16.3 Å². The highest BCUT2D eigenvalue weighted by atomic mass is 32.2. The van der Waals surface area contributed by atoms with Crippen molar-refractivity contribution in [2.75, 3.05) is 20.6 Å². The predicted molar refractivity (Wildman–Crippen MR) is 130 cm³/mol. The van der Waals surface area contributed by atoms with Crippen molar-refractivity contribution in [1.29, 1.82) is 0 Å². The van der Waals surface area contributed by atoms with E-state index in [9.17, 15) is 26.0 Å². The molecule has 8 nitrogen and oxygen atoms in total. The average Bonchev–Trinajstić information content (AvgIpc) is 2.76. The second kappa shape index (κ2) is 9.82. The topological polar surface area (TPSA) is 113 Å². The monoisotopic (exact) mass is 505 g/mol. The van der Waals surface area contributed by atoms with Gasteiger partial charge in [-0.2, -0.15) is 0 Å². The molecular formula is C23H24FN3O5S2. The summed E-state index contributed by atoms with van der Waals surface area (Å²) in [6.45, 7) is 3.32. The number of nitrogens with zero attached hydrogens (tertiary/aromatic N) is 1. The smallest absolute Gasteiger partial charge is 0.261 e. The Kier molecular flexibility index (Phi) is 7.27. The van der Waals surface area contributed by atoms with E-state index < -0.39 is 37.8 Å². The van der Waals surface area contributed by atoms with Gasteiger partial charge in [0, 0.05) is 11.4 Å². The van der Waals surface area contributed by atoms with Crippen molar-refractivity contribution in [1.82, 2.24) is 0 Å². The number of sulfonamides is 2. The van der Waals surface area contributed by atoms with Gasteiger partial charge in [-0.15, -0.1) is 0 Å². The maximum atomic E-state index is 13.0. The Morgan fingerprint density at radius 2 is 1.38 bits per heavy atom. The minimum atomic E-state index is -3.93. The molecule has 0 aliphatic rings. The van der Waals surface area contributed by atoms with Gasteiger partial charge in [0.25, 0.3) is 10.0 Å². The highest BCUT2D eigenvalue weighted by molar-refractivity contribution is 7.92. The van der Waals surface area contributed by atoms with E-state index in [1.807, 2.05) is 6.92 Å². The molecule has 0 radical (unpaired) electrons. The molecule has 3 rings (SSSR count). The van der Waals surface area contributed by atoms with Gasteiger partial charge in [0.2, 0.25) is 15.9 Å². The molecule has 1 amide bonds. The Morgan fingerprint density at radius 3 is 1.91 bits per heavy atom. The molecule has 0 saturated heterocycles. The van der Waals surface area contributed by atoms with Crippen molar-refractivity contribution in [2.45, 2.75) is 24.8 Å². The average molecular weight is 506 g/mol. The summed E-state index contributed by atoms with van der Waals surface area (Å²) in [5.74, 6) is -1.08. The zero-order chi connectivity index (χ0) is 25.1. The summed E-state index contributed by atoms with van der Waals surface area (Å²) in [6.07, 6.45) is 1.02. The summed E-state index contributed by atoms with van der Waals surface area (Å²) in [4.78, 5) is 12.7. The fourth-order valence-electron chi connectivity index (χ4n) is 3.20. The number of carbonyl (C=O) groups excluding carboxylic acids is 1. The van der Waals surface area contributed by atoms with Crippen molar-refractivity contribution in [3.63, 3.8) is 0 Å². The fraction of sp³-hybridized carbons (Fsp3) is 0.174. The molecule has 0 heterocycles. The first-order chi connectivity index (χ1) is 15.9. The first kappa shape index (κ1) is 25.2. The van der Waals surface area contributed by atoms with Gasteiger partial charge >= 0.3 is 0 Å². The van der Waals surface area contributed by atoms with Gasteiger partial charge in [-0.25, -0.2) is 21.2 Å². The molecule has 3 aromatic carbocycles. The minimum absolute atomic E-state index is 0.0692. The first-order valence-corrected chi connectivity index (χ1v) is 13.5. The van der Waals surface area contributed by atoms with Crippen LogP contribution in [0.4, 0.5) is 21.5 Å². The van der Waals surface area contributed by atoms with Crippen LogP contribution in [0.15, 0.2) is 77.7 Å². The number of anilines is 3.